The molecule has 0 spiro atoms. The lowest BCUT2D eigenvalue weighted by molar-refractivity contribution is 0.461. The van der Waals surface area contributed by atoms with Crippen molar-refractivity contribution in [3.05, 3.63) is 23.5 Å². The van der Waals surface area contributed by atoms with E-state index in [4.69, 9.17) is 0 Å². The first-order valence-electron chi connectivity index (χ1n) is 8.77. The molecule has 0 fully saturated rings. The molecule has 2 nitrogen and oxygen atoms in total. The fourth-order valence-electron chi connectivity index (χ4n) is 3.31. The standard InChI is InChI=1S/C18H32N2/c1-3-5-6-7-8-13-20-14-16-10-9-11-18(17(16)15-20)19-12-4-2/h14-15,18-19H,3-13H2,1-2H3. The molecule has 1 aromatic rings. The Labute approximate surface area is 125 Å². The highest BCUT2D eigenvalue weighted by molar-refractivity contribution is 5.30. The molecule has 1 aromatic heterocycles. The summed E-state index contributed by atoms with van der Waals surface area (Å²) in [7, 11) is 0. The average Bonchev–Trinajstić information content (AvgIpc) is 2.88. The highest BCUT2D eigenvalue weighted by atomic mass is 15.0. The van der Waals surface area contributed by atoms with Crippen LogP contribution in [0.5, 0.6) is 0 Å². The van der Waals surface area contributed by atoms with E-state index in [9.17, 15) is 0 Å². The molecule has 0 saturated heterocycles. The zero-order chi connectivity index (χ0) is 14.2. The molecule has 0 saturated carbocycles. The van der Waals surface area contributed by atoms with Crippen molar-refractivity contribution in [2.45, 2.75) is 84.2 Å². The van der Waals surface area contributed by atoms with E-state index in [0.29, 0.717) is 6.04 Å². The van der Waals surface area contributed by atoms with Crippen LogP contribution in [0.4, 0.5) is 0 Å². The summed E-state index contributed by atoms with van der Waals surface area (Å²) in [6.07, 6.45) is 16.8. The Morgan fingerprint density at radius 3 is 2.75 bits per heavy atom. The summed E-state index contributed by atoms with van der Waals surface area (Å²) in [6.45, 7) is 6.88. The normalized spacial score (nSPS) is 18.2. The Balaban J connectivity index is 1.85. The summed E-state index contributed by atoms with van der Waals surface area (Å²) < 4.78 is 2.45. The second kappa shape index (κ2) is 8.51. The molecule has 0 aliphatic heterocycles. The Kier molecular flexibility index (Phi) is 6.65. The number of nitrogens with one attached hydrogen (secondary N) is 1. The third kappa shape index (κ3) is 4.37. The van der Waals surface area contributed by atoms with Gasteiger partial charge in [-0.1, -0.05) is 39.5 Å². The quantitative estimate of drug-likeness (QED) is 0.639. The lowest BCUT2D eigenvalue weighted by Crippen LogP contribution is -2.24. The minimum Gasteiger partial charge on any atom is -0.354 e. The second-order valence-corrected chi connectivity index (χ2v) is 6.29. The maximum Gasteiger partial charge on any atom is 0.0338 e. The van der Waals surface area contributed by atoms with Crippen LogP contribution in [0.15, 0.2) is 12.4 Å². The maximum absolute atomic E-state index is 3.71. The zero-order valence-corrected chi connectivity index (χ0v) is 13.5. The van der Waals surface area contributed by atoms with Crippen molar-refractivity contribution in [1.29, 1.82) is 0 Å². The van der Waals surface area contributed by atoms with Crippen LogP contribution in [0.2, 0.25) is 0 Å². The summed E-state index contributed by atoms with van der Waals surface area (Å²) in [4.78, 5) is 0. The van der Waals surface area contributed by atoms with E-state index in [0.717, 1.165) is 6.54 Å². The summed E-state index contributed by atoms with van der Waals surface area (Å²) in [6, 6.07) is 0.611. The summed E-state index contributed by atoms with van der Waals surface area (Å²) >= 11 is 0. The highest BCUT2D eigenvalue weighted by Gasteiger charge is 2.21. The van der Waals surface area contributed by atoms with Gasteiger partial charge in [-0.2, -0.15) is 0 Å². The number of nitrogens with zero attached hydrogens (tertiary/aromatic N) is 1. The van der Waals surface area contributed by atoms with Gasteiger partial charge in [0.25, 0.3) is 0 Å². The average molecular weight is 276 g/mol. The van der Waals surface area contributed by atoms with Gasteiger partial charge in [0.15, 0.2) is 0 Å². The molecular formula is C18H32N2. The fraction of sp³-hybridized carbons (Fsp3) is 0.778. The number of hydrogen-bond donors (Lipinski definition) is 1. The molecule has 0 aromatic carbocycles. The molecule has 0 bridgehead atoms. The van der Waals surface area contributed by atoms with Crippen molar-refractivity contribution in [3.63, 3.8) is 0 Å². The van der Waals surface area contributed by atoms with Crippen molar-refractivity contribution in [2.24, 2.45) is 0 Å². The van der Waals surface area contributed by atoms with Gasteiger partial charge in [-0.15, -0.1) is 0 Å². The largest absolute Gasteiger partial charge is 0.354 e. The first-order valence-corrected chi connectivity index (χ1v) is 8.77. The van der Waals surface area contributed by atoms with Crippen molar-refractivity contribution < 1.29 is 0 Å². The van der Waals surface area contributed by atoms with Gasteiger partial charge < -0.3 is 9.88 Å². The van der Waals surface area contributed by atoms with E-state index in [1.807, 2.05) is 0 Å². The van der Waals surface area contributed by atoms with Gasteiger partial charge in [-0.25, -0.2) is 0 Å². The molecule has 114 valence electrons. The number of fused-ring (bicyclic) bond motifs is 1. The van der Waals surface area contributed by atoms with Crippen molar-refractivity contribution in [1.82, 2.24) is 9.88 Å². The van der Waals surface area contributed by atoms with Crippen LogP contribution < -0.4 is 5.32 Å². The Morgan fingerprint density at radius 1 is 1.10 bits per heavy atom. The van der Waals surface area contributed by atoms with Crippen LogP contribution in [0.1, 0.15) is 82.4 Å². The molecule has 0 amide bonds. The van der Waals surface area contributed by atoms with E-state index in [1.165, 1.54) is 64.3 Å². The predicted octanol–water partition coefficient (Wildman–Crippen LogP) is 4.84. The van der Waals surface area contributed by atoms with Crippen LogP contribution >= 0.6 is 0 Å². The van der Waals surface area contributed by atoms with E-state index >= 15 is 0 Å². The van der Waals surface area contributed by atoms with Gasteiger partial charge in [-0.3, -0.25) is 0 Å². The first-order chi connectivity index (χ1) is 9.85. The highest BCUT2D eigenvalue weighted by Crippen LogP contribution is 2.30. The van der Waals surface area contributed by atoms with Crippen LogP contribution in [-0.4, -0.2) is 11.1 Å². The Bertz CT molecular complexity index is 381. The van der Waals surface area contributed by atoms with Crippen molar-refractivity contribution >= 4 is 0 Å². The van der Waals surface area contributed by atoms with Gasteiger partial charge in [-0.05, 0) is 49.8 Å². The van der Waals surface area contributed by atoms with E-state index < -0.39 is 0 Å². The summed E-state index contributed by atoms with van der Waals surface area (Å²) in [5.41, 5.74) is 3.18. The Hall–Kier alpha value is -0.760. The van der Waals surface area contributed by atoms with Gasteiger partial charge in [0.2, 0.25) is 0 Å². The number of aryl methyl sites for hydroxylation is 2. The lowest BCUT2D eigenvalue weighted by Gasteiger charge is -2.23. The number of unbranched alkanes of at least 4 members (excludes halogenated alkanes) is 4. The smallest absolute Gasteiger partial charge is 0.0338 e. The fourth-order valence-corrected chi connectivity index (χ4v) is 3.31. The topological polar surface area (TPSA) is 17.0 Å². The molecule has 1 N–H and O–H groups in total. The molecule has 1 aliphatic carbocycles. The van der Waals surface area contributed by atoms with Gasteiger partial charge in [0, 0.05) is 25.0 Å². The predicted molar refractivity (Wildman–Crippen MR) is 87.2 cm³/mol. The van der Waals surface area contributed by atoms with Gasteiger partial charge in [0.05, 0.1) is 0 Å². The van der Waals surface area contributed by atoms with E-state index in [-0.39, 0.29) is 0 Å². The summed E-state index contributed by atoms with van der Waals surface area (Å²) in [5, 5.41) is 3.71. The number of aromatic nitrogens is 1. The van der Waals surface area contributed by atoms with Crippen LogP contribution in [-0.2, 0) is 13.0 Å². The molecule has 2 rings (SSSR count). The maximum atomic E-state index is 3.71. The second-order valence-electron chi connectivity index (χ2n) is 6.29. The molecule has 2 heteroatoms. The number of rotatable bonds is 9. The monoisotopic (exact) mass is 276 g/mol. The van der Waals surface area contributed by atoms with Crippen LogP contribution in [0.3, 0.4) is 0 Å². The third-order valence-corrected chi connectivity index (χ3v) is 4.47. The van der Waals surface area contributed by atoms with Gasteiger partial charge >= 0.3 is 0 Å². The number of hydrogen-bond acceptors (Lipinski definition) is 1. The Morgan fingerprint density at radius 2 is 1.95 bits per heavy atom. The minimum atomic E-state index is 0.611. The first kappa shape index (κ1) is 15.6. The lowest BCUT2D eigenvalue weighted by atomic mass is 9.91. The minimum absolute atomic E-state index is 0.611. The van der Waals surface area contributed by atoms with E-state index in [1.54, 1.807) is 11.1 Å². The molecule has 1 unspecified atom stereocenters. The zero-order valence-electron chi connectivity index (χ0n) is 13.5. The van der Waals surface area contributed by atoms with Crippen molar-refractivity contribution in [2.75, 3.05) is 6.54 Å². The molecule has 0 radical (unpaired) electrons. The molecule has 1 aliphatic rings. The SMILES string of the molecule is CCCCCCCn1cc2c(c1)C(NCCC)CCC2. The van der Waals surface area contributed by atoms with Crippen LogP contribution in [0, 0.1) is 0 Å². The van der Waals surface area contributed by atoms with Crippen LogP contribution in [0.25, 0.3) is 0 Å². The van der Waals surface area contributed by atoms with Crippen molar-refractivity contribution in [3.8, 4) is 0 Å². The molecule has 1 atom stereocenters. The van der Waals surface area contributed by atoms with E-state index in [2.05, 4.69) is 36.1 Å². The molecular weight excluding hydrogens is 244 g/mol. The third-order valence-electron chi connectivity index (χ3n) is 4.47. The molecule has 1 heterocycles. The van der Waals surface area contributed by atoms with Gasteiger partial charge in [0.1, 0.15) is 0 Å². The molecule has 20 heavy (non-hydrogen) atoms. The summed E-state index contributed by atoms with van der Waals surface area (Å²) in [5.74, 6) is 0.